The fourth-order valence-corrected chi connectivity index (χ4v) is 2.79. The van der Waals surface area contributed by atoms with Gasteiger partial charge in [-0.25, -0.2) is 0 Å². The summed E-state index contributed by atoms with van der Waals surface area (Å²) in [6.07, 6.45) is 0. The largest absolute Gasteiger partial charge is 0.395 e. The van der Waals surface area contributed by atoms with Gasteiger partial charge in [-0.1, -0.05) is 18.2 Å². The van der Waals surface area contributed by atoms with E-state index in [0.717, 1.165) is 0 Å². The maximum Gasteiger partial charge on any atom is 0.275 e. The highest BCUT2D eigenvalue weighted by Crippen LogP contribution is 2.27. The lowest BCUT2D eigenvalue weighted by Crippen LogP contribution is -2.24. The van der Waals surface area contributed by atoms with Crippen molar-refractivity contribution < 1.29 is 10.0 Å². The lowest BCUT2D eigenvalue weighted by atomic mass is 10.1. The maximum absolute atomic E-state index is 12.9. The van der Waals surface area contributed by atoms with Gasteiger partial charge in [-0.15, -0.1) is 0 Å². The average molecular weight is 350 g/mol. The monoisotopic (exact) mass is 350 g/mol. The molecule has 0 bridgehead atoms. The van der Waals surface area contributed by atoms with E-state index in [4.69, 9.17) is 5.11 Å². The number of pyridine rings is 1. The van der Waals surface area contributed by atoms with Crippen LogP contribution in [0.5, 0.6) is 0 Å². The number of aliphatic hydroxyl groups is 1. The number of hydrogen-bond acceptors (Lipinski definition) is 6. The first kappa shape index (κ1) is 17.1. The summed E-state index contributed by atoms with van der Waals surface area (Å²) in [6, 6.07) is 14.5. The summed E-state index contributed by atoms with van der Waals surface area (Å²) in [4.78, 5) is 23.2. The molecule has 0 atom stereocenters. The number of benzene rings is 2. The Bertz CT molecular complexity index is 1080. The fraction of sp³-hybridized carbons (Fsp3) is 0.111. The predicted octanol–water partition coefficient (Wildman–Crippen LogP) is 2.17. The molecule has 0 aliphatic heterocycles. The predicted molar refractivity (Wildman–Crippen MR) is 96.5 cm³/mol. The molecule has 0 amide bonds. The van der Waals surface area contributed by atoms with Gasteiger partial charge in [-0.05, 0) is 18.2 Å². The van der Waals surface area contributed by atoms with Crippen LogP contribution in [-0.4, -0.2) is 27.7 Å². The first-order chi connectivity index (χ1) is 12.6. The number of para-hydroxylation sites is 1. The van der Waals surface area contributed by atoms with Gasteiger partial charge in [0.1, 0.15) is 11.6 Å². The van der Waals surface area contributed by atoms with Gasteiger partial charge in [-0.2, -0.15) is 5.26 Å². The third-order valence-electron chi connectivity index (χ3n) is 3.93. The summed E-state index contributed by atoms with van der Waals surface area (Å²) < 4.78 is 1.35. The number of nitro groups is 1. The van der Waals surface area contributed by atoms with E-state index in [2.05, 4.69) is 5.32 Å². The number of aromatic nitrogens is 1. The number of aliphatic hydroxyl groups excluding tert-OH is 1. The molecular weight excluding hydrogens is 336 g/mol. The first-order valence-electron chi connectivity index (χ1n) is 7.76. The van der Waals surface area contributed by atoms with Crippen LogP contribution in [0.2, 0.25) is 0 Å². The van der Waals surface area contributed by atoms with E-state index in [-0.39, 0.29) is 24.4 Å². The van der Waals surface area contributed by atoms with E-state index in [9.17, 15) is 20.2 Å². The van der Waals surface area contributed by atoms with Crippen LogP contribution in [0.1, 0.15) is 5.56 Å². The Hall–Kier alpha value is -3.70. The number of nitrogens with zero attached hydrogens (tertiary/aromatic N) is 3. The first-order valence-corrected chi connectivity index (χ1v) is 7.76. The summed E-state index contributed by atoms with van der Waals surface area (Å²) in [5.41, 5.74) is 0.608. The number of non-ortho nitro benzene ring substituents is 1. The Morgan fingerprint density at radius 2 is 1.88 bits per heavy atom. The quantitative estimate of drug-likeness (QED) is 0.537. The number of nitro benzene ring substituents is 1. The van der Waals surface area contributed by atoms with Crippen LogP contribution in [-0.2, 0) is 0 Å². The Labute approximate surface area is 147 Å². The lowest BCUT2D eigenvalue weighted by molar-refractivity contribution is -0.384. The van der Waals surface area contributed by atoms with Crippen LogP contribution >= 0.6 is 0 Å². The topological polar surface area (TPSA) is 121 Å². The third kappa shape index (κ3) is 2.87. The number of hydrogen-bond donors (Lipinski definition) is 2. The standard InChI is InChI=1S/C18H14N4O4/c19-11-15-17(20-9-10-23)14-3-1-2-4-16(14)21(18(15)24)12-5-7-13(8-6-12)22(25)26/h1-8,20,23H,9-10H2. The number of nitriles is 1. The minimum absolute atomic E-state index is 0.0875. The van der Waals surface area contributed by atoms with E-state index in [1.165, 1.54) is 28.8 Å². The van der Waals surface area contributed by atoms with E-state index in [1.54, 1.807) is 24.3 Å². The van der Waals surface area contributed by atoms with Crippen molar-refractivity contribution in [2.75, 3.05) is 18.5 Å². The highest BCUT2D eigenvalue weighted by atomic mass is 16.6. The van der Waals surface area contributed by atoms with Gasteiger partial charge in [0.15, 0.2) is 0 Å². The smallest absolute Gasteiger partial charge is 0.275 e. The summed E-state index contributed by atoms with van der Waals surface area (Å²) in [5, 5.41) is 32.9. The normalized spacial score (nSPS) is 10.5. The Kier molecular flexibility index (Phi) is 4.64. The van der Waals surface area contributed by atoms with Gasteiger partial charge >= 0.3 is 0 Å². The van der Waals surface area contributed by atoms with Crippen molar-refractivity contribution in [3.05, 3.63) is 74.6 Å². The zero-order valence-electron chi connectivity index (χ0n) is 13.5. The van der Waals surface area contributed by atoms with Crippen molar-refractivity contribution in [2.45, 2.75) is 0 Å². The average Bonchev–Trinajstić information content (AvgIpc) is 2.66. The van der Waals surface area contributed by atoms with E-state index < -0.39 is 10.5 Å². The second kappa shape index (κ2) is 7.04. The minimum atomic E-state index is -0.541. The molecule has 0 radical (unpaired) electrons. The molecule has 8 heteroatoms. The van der Waals surface area contributed by atoms with Gasteiger partial charge in [0.05, 0.1) is 22.7 Å². The summed E-state index contributed by atoms with van der Waals surface area (Å²) in [7, 11) is 0. The Morgan fingerprint density at radius 3 is 2.50 bits per heavy atom. The number of rotatable bonds is 5. The molecule has 26 heavy (non-hydrogen) atoms. The Morgan fingerprint density at radius 1 is 1.19 bits per heavy atom. The molecule has 3 aromatic rings. The fourth-order valence-electron chi connectivity index (χ4n) is 2.79. The van der Waals surface area contributed by atoms with Crippen LogP contribution in [0.4, 0.5) is 11.4 Å². The van der Waals surface area contributed by atoms with Crippen molar-refractivity contribution in [1.29, 1.82) is 5.26 Å². The summed E-state index contributed by atoms with van der Waals surface area (Å²) in [6.45, 7) is 0.0459. The molecule has 3 rings (SSSR count). The molecule has 0 unspecified atom stereocenters. The van der Waals surface area contributed by atoms with Crippen LogP contribution in [0.15, 0.2) is 53.3 Å². The van der Waals surface area contributed by atoms with Gasteiger partial charge in [0.25, 0.3) is 11.2 Å². The van der Waals surface area contributed by atoms with Crippen LogP contribution in [0.3, 0.4) is 0 Å². The molecule has 8 nitrogen and oxygen atoms in total. The second-order valence-corrected chi connectivity index (χ2v) is 5.44. The minimum Gasteiger partial charge on any atom is -0.395 e. The van der Waals surface area contributed by atoms with Crippen LogP contribution in [0, 0.1) is 21.4 Å². The molecular formula is C18H14N4O4. The number of anilines is 1. The summed E-state index contributed by atoms with van der Waals surface area (Å²) >= 11 is 0. The van der Waals surface area contributed by atoms with E-state index in [0.29, 0.717) is 22.3 Å². The zero-order chi connectivity index (χ0) is 18.7. The van der Waals surface area contributed by atoms with Crippen molar-refractivity contribution in [2.24, 2.45) is 0 Å². The number of nitrogens with one attached hydrogen (secondary N) is 1. The highest BCUT2D eigenvalue weighted by molar-refractivity contribution is 5.95. The SMILES string of the molecule is N#Cc1c(NCCO)c2ccccc2n(-c2ccc([N+](=O)[O-])cc2)c1=O. The third-order valence-corrected chi connectivity index (χ3v) is 3.93. The molecule has 2 aromatic carbocycles. The second-order valence-electron chi connectivity index (χ2n) is 5.44. The molecule has 0 aliphatic carbocycles. The van der Waals surface area contributed by atoms with Gasteiger partial charge < -0.3 is 10.4 Å². The summed E-state index contributed by atoms with van der Waals surface area (Å²) in [5.74, 6) is 0. The molecule has 0 saturated heterocycles. The van der Waals surface area contributed by atoms with Gasteiger partial charge in [0.2, 0.25) is 0 Å². The van der Waals surface area contributed by atoms with Crippen molar-refractivity contribution in [1.82, 2.24) is 4.57 Å². The molecule has 1 aromatic heterocycles. The van der Waals surface area contributed by atoms with E-state index >= 15 is 0 Å². The molecule has 0 fully saturated rings. The maximum atomic E-state index is 12.9. The highest BCUT2D eigenvalue weighted by Gasteiger charge is 2.18. The van der Waals surface area contributed by atoms with Crippen LogP contribution < -0.4 is 10.9 Å². The van der Waals surface area contributed by atoms with Gasteiger partial charge in [0, 0.05) is 29.8 Å². The number of fused-ring (bicyclic) bond motifs is 1. The van der Waals surface area contributed by atoms with Crippen molar-refractivity contribution >= 4 is 22.3 Å². The lowest BCUT2D eigenvalue weighted by Gasteiger charge is -2.16. The Balaban J connectivity index is 2.33. The molecule has 2 N–H and O–H groups in total. The molecule has 0 spiro atoms. The molecule has 0 saturated carbocycles. The van der Waals surface area contributed by atoms with Gasteiger partial charge in [-0.3, -0.25) is 19.5 Å². The molecule has 1 heterocycles. The molecule has 130 valence electrons. The zero-order valence-corrected chi connectivity index (χ0v) is 13.5. The molecule has 0 aliphatic rings. The van der Waals surface area contributed by atoms with Crippen molar-refractivity contribution in [3.8, 4) is 11.8 Å². The van der Waals surface area contributed by atoms with E-state index in [1.807, 2.05) is 6.07 Å². The van der Waals surface area contributed by atoms with Crippen molar-refractivity contribution in [3.63, 3.8) is 0 Å². The van der Waals surface area contributed by atoms with Crippen LogP contribution in [0.25, 0.3) is 16.6 Å².